The molecule has 1 aliphatic heterocycles. The minimum absolute atomic E-state index is 0.0113. The van der Waals surface area contributed by atoms with Gasteiger partial charge in [0, 0.05) is 25.0 Å². The molecule has 2 aliphatic carbocycles. The normalized spacial score (nSPS) is 34.5. The topological polar surface area (TPSA) is 57.6 Å². The Bertz CT molecular complexity index is 387. The standard InChI is InChI=1S/C15H23NO3/c17-10-11-5-4-6-12(11)16-13(18)9-15(14(16)19)7-2-1-3-8-15/h11-12,17H,1-10H2. The SMILES string of the molecule is O=C1CC2(CCCCC2)C(=O)N1C1CCCC1CO. The van der Waals surface area contributed by atoms with Gasteiger partial charge >= 0.3 is 0 Å². The van der Waals surface area contributed by atoms with Crippen LogP contribution in [0.25, 0.3) is 0 Å². The van der Waals surface area contributed by atoms with Crippen molar-refractivity contribution in [2.24, 2.45) is 11.3 Å². The highest BCUT2D eigenvalue weighted by Gasteiger charge is 2.54. The molecule has 1 N–H and O–H groups in total. The van der Waals surface area contributed by atoms with Crippen molar-refractivity contribution < 1.29 is 14.7 Å². The first-order chi connectivity index (χ1) is 9.18. The summed E-state index contributed by atoms with van der Waals surface area (Å²) in [5.41, 5.74) is -0.377. The molecule has 1 saturated heterocycles. The van der Waals surface area contributed by atoms with E-state index in [0.717, 1.165) is 44.9 Å². The van der Waals surface area contributed by atoms with Crippen LogP contribution in [0.5, 0.6) is 0 Å². The van der Waals surface area contributed by atoms with E-state index in [-0.39, 0.29) is 35.8 Å². The smallest absolute Gasteiger partial charge is 0.236 e. The van der Waals surface area contributed by atoms with Crippen molar-refractivity contribution >= 4 is 11.8 Å². The van der Waals surface area contributed by atoms with E-state index in [9.17, 15) is 14.7 Å². The quantitative estimate of drug-likeness (QED) is 0.775. The summed E-state index contributed by atoms with van der Waals surface area (Å²) in [6, 6.07) is -0.0358. The van der Waals surface area contributed by atoms with Crippen LogP contribution in [0.2, 0.25) is 0 Å². The second-order valence-electron chi connectivity index (χ2n) is 6.53. The first-order valence-electron chi connectivity index (χ1n) is 7.65. The van der Waals surface area contributed by atoms with E-state index in [1.165, 1.54) is 6.42 Å². The molecule has 4 heteroatoms. The van der Waals surface area contributed by atoms with Gasteiger partial charge in [0.25, 0.3) is 0 Å². The van der Waals surface area contributed by atoms with Crippen LogP contribution in [0, 0.1) is 11.3 Å². The summed E-state index contributed by atoms with van der Waals surface area (Å²) in [7, 11) is 0. The predicted octanol–water partition coefficient (Wildman–Crippen LogP) is 1.86. The molecule has 106 valence electrons. The van der Waals surface area contributed by atoms with Gasteiger partial charge in [-0.3, -0.25) is 14.5 Å². The molecule has 2 saturated carbocycles. The maximum absolute atomic E-state index is 12.8. The molecule has 3 fully saturated rings. The van der Waals surface area contributed by atoms with E-state index in [1.54, 1.807) is 4.90 Å². The molecule has 2 atom stereocenters. The highest BCUT2D eigenvalue weighted by Crippen LogP contribution is 2.47. The minimum atomic E-state index is -0.377. The molecule has 19 heavy (non-hydrogen) atoms. The molecule has 0 aromatic heterocycles. The van der Waals surface area contributed by atoms with Crippen molar-refractivity contribution in [3.8, 4) is 0 Å². The van der Waals surface area contributed by atoms with E-state index in [4.69, 9.17) is 0 Å². The van der Waals surface area contributed by atoms with E-state index < -0.39 is 0 Å². The van der Waals surface area contributed by atoms with Gasteiger partial charge in [-0.05, 0) is 25.7 Å². The van der Waals surface area contributed by atoms with Crippen LogP contribution in [0.15, 0.2) is 0 Å². The summed E-state index contributed by atoms with van der Waals surface area (Å²) in [4.78, 5) is 26.6. The van der Waals surface area contributed by atoms with E-state index in [1.807, 2.05) is 0 Å². The second kappa shape index (κ2) is 4.89. The van der Waals surface area contributed by atoms with Gasteiger partial charge in [0.1, 0.15) is 0 Å². The Hall–Kier alpha value is -0.900. The number of likely N-dealkylation sites (tertiary alicyclic amines) is 1. The van der Waals surface area contributed by atoms with Gasteiger partial charge < -0.3 is 5.11 Å². The lowest BCUT2D eigenvalue weighted by molar-refractivity contribution is -0.146. The average molecular weight is 265 g/mol. The monoisotopic (exact) mass is 265 g/mol. The zero-order valence-electron chi connectivity index (χ0n) is 11.4. The number of aliphatic hydroxyl groups excluding tert-OH is 1. The van der Waals surface area contributed by atoms with Crippen molar-refractivity contribution in [1.82, 2.24) is 4.90 Å². The highest BCUT2D eigenvalue weighted by atomic mass is 16.3. The van der Waals surface area contributed by atoms with Crippen LogP contribution in [-0.4, -0.2) is 34.5 Å². The second-order valence-corrected chi connectivity index (χ2v) is 6.53. The lowest BCUT2D eigenvalue weighted by Crippen LogP contribution is -2.45. The molecule has 0 aromatic carbocycles. The predicted molar refractivity (Wildman–Crippen MR) is 70.2 cm³/mol. The maximum atomic E-state index is 12.8. The summed E-state index contributed by atoms with van der Waals surface area (Å²) in [6.45, 7) is 0.0920. The number of imide groups is 1. The summed E-state index contributed by atoms with van der Waals surface area (Å²) >= 11 is 0. The van der Waals surface area contributed by atoms with Crippen LogP contribution >= 0.6 is 0 Å². The summed E-state index contributed by atoms with van der Waals surface area (Å²) in [6.07, 6.45) is 8.33. The fourth-order valence-electron chi connectivity index (χ4n) is 4.34. The first-order valence-corrected chi connectivity index (χ1v) is 7.65. The van der Waals surface area contributed by atoms with Gasteiger partial charge in [-0.15, -0.1) is 0 Å². The van der Waals surface area contributed by atoms with Crippen molar-refractivity contribution in [1.29, 1.82) is 0 Å². The minimum Gasteiger partial charge on any atom is -0.396 e. The molecule has 3 rings (SSSR count). The third-order valence-electron chi connectivity index (χ3n) is 5.43. The molecule has 0 radical (unpaired) electrons. The number of amides is 2. The molecule has 3 aliphatic rings. The Kier molecular flexibility index (Phi) is 3.37. The summed E-state index contributed by atoms with van der Waals surface area (Å²) < 4.78 is 0. The van der Waals surface area contributed by atoms with E-state index >= 15 is 0 Å². The van der Waals surface area contributed by atoms with Crippen molar-refractivity contribution in [3.05, 3.63) is 0 Å². The fraction of sp³-hybridized carbons (Fsp3) is 0.867. The van der Waals surface area contributed by atoms with Gasteiger partial charge in [0.2, 0.25) is 11.8 Å². The van der Waals surface area contributed by atoms with Gasteiger partial charge in [0.05, 0.1) is 5.41 Å². The summed E-state index contributed by atoms with van der Waals surface area (Å²) in [5.74, 6) is 0.187. The Morgan fingerprint density at radius 3 is 2.53 bits per heavy atom. The van der Waals surface area contributed by atoms with Crippen LogP contribution in [-0.2, 0) is 9.59 Å². The van der Waals surface area contributed by atoms with Gasteiger partial charge in [0.15, 0.2) is 0 Å². The number of rotatable bonds is 2. The first kappa shape index (κ1) is 13.1. The van der Waals surface area contributed by atoms with Crippen molar-refractivity contribution in [3.63, 3.8) is 0 Å². The lowest BCUT2D eigenvalue weighted by Gasteiger charge is -2.33. The van der Waals surface area contributed by atoms with Gasteiger partial charge in [-0.25, -0.2) is 0 Å². The summed E-state index contributed by atoms with van der Waals surface area (Å²) in [5, 5.41) is 9.42. The molecule has 0 bridgehead atoms. The van der Waals surface area contributed by atoms with Gasteiger partial charge in [-0.2, -0.15) is 0 Å². The third-order valence-corrected chi connectivity index (χ3v) is 5.43. The Balaban J connectivity index is 1.83. The molecule has 2 amide bonds. The Morgan fingerprint density at radius 1 is 1.11 bits per heavy atom. The number of hydrogen-bond acceptors (Lipinski definition) is 3. The number of hydrogen-bond donors (Lipinski definition) is 1. The Labute approximate surface area is 114 Å². The molecule has 4 nitrogen and oxygen atoms in total. The van der Waals surface area contributed by atoms with Gasteiger partial charge in [-0.1, -0.05) is 25.7 Å². The molecule has 0 aromatic rings. The fourth-order valence-corrected chi connectivity index (χ4v) is 4.34. The highest BCUT2D eigenvalue weighted by molar-refractivity contribution is 6.06. The largest absolute Gasteiger partial charge is 0.396 e. The maximum Gasteiger partial charge on any atom is 0.236 e. The van der Waals surface area contributed by atoms with E-state index in [2.05, 4.69) is 0 Å². The number of nitrogens with zero attached hydrogens (tertiary/aromatic N) is 1. The lowest BCUT2D eigenvalue weighted by atomic mass is 9.73. The van der Waals surface area contributed by atoms with Crippen LogP contribution in [0.1, 0.15) is 57.8 Å². The van der Waals surface area contributed by atoms with Crippen molar-refractivity contribution in [2.75, 3.05) is 6.61 Å². The zero-order valence-corrected chi connectivity index (χ0v) is 11.4. The van der Waals surface area contributed by atoms with Crippen molar-refractivity contribution in [2.45, 2.75) is 63.8 Å². The zero-order chi connectivity index (χ0) is 13.5. The molecule has 1 spiro atoms. The molecular weight excluding hydrogens is 242 g/mol. The van der Waals surface area contributed by atoms with Crippen LogP contribution < -0.4 is 0 Å². The number of carbonyl (C=O) groups excluding carboxylic acids is 2. The third kappa shape index (κ3) is 2.00. The number of aliphatic hydroxyl groups is 1. The average Bonchev–Trinajstić information content (AvgIpc) is 2.95. The molecular formula is C15H23NO3. The molecule has 1 heterocycles. The van der Waals surface area contributed by atoms with E-state index in [0.29, 0.717) is 6.42 Å². The van der Waals surface area contributed by atoms with Crippen LogP contribution in [0.4, 0.5) is 0 Å². The Morgan fingerprint density at radius 2 is 1.84 bits per heavy atom. The van der Waals surface area contributed by atoms with Crippen LogP contribution in [0.3, 0.4) is 0 Å². The number of carbonyl (C=O) groups is 2. The molecule has 2 unspecified atom stereocenters.